The molecule has 2 unspecified atom stereocenters. The molecule has 0 saturated heterocycles. The van der Waals surface area contributed by atoms with Gasteiger partial charge < -0.3 is 24.0 Å². The quantitative estimate of drug-likeness (QED) is 0.105. The van der Waals surface area contributed by atoms with E-state index in [4.69, 9.17) is 24.3 Å². The zero-order valence-corrected chi connectivity index (χ0v) is 33.1. The van der Waals surface area contributed by atoms with Crippen molar-refractivity contribution in [2.75, 3.05) is 19.7 Å². The fourth-order valence-electron chi connectivity index (χ4n) is 7.96. The summed E-state index contributed by atoms with van der Waals surface area (Å²) < 4.78 is 16.7. The Morgan fingerprint density at radius 2 is 1.27 bits per heavy atom. The summed E-state index contributed by atoms with van der Waals surface area (Å²) >= 11 is 0. The van der Waals surface area contributed by atoms with E-state index in [9.17, 15) is 4.79 Å². The first-order chi connectivity index (χ1) is 29.4. The molecule has 10 rings (SSSR count). The molecule has 4 saturated carbocycles. The van der Waals surface area contributed by atoms with Crippen LogP contribution in [-0.2, 0) is 15.6 Å². The topological polar surface area (TPSA) is 167 Å². The van der Waals surface area contributed by atoms with E-state index in [1.807, 2.05) is 35.2 Å². The number of hydrogen-bond acceptors (Lipinski definition) is 11. The fraction of sp³-hybridized carbons (Fsp3) is 0.312. The second kappa shape index (κ2) is 16.4. The highest BCUT2D eigenvalue weighted by atomic mass is 16.6. The first-order valence-corrected chi connectivity index (χ1v) is 20.5. The Morgan fingerprint density at radius 1 is 0.750 bits per heavy atom. The van der Waals surface area contributed by atoms with Gasteiger partial charge in [-0.05, 0) is 98.2 Å². The molecular weight excluding hydrogens is 753 g/mol. The van der Waals surface area contributed by atoms with Gasteiger partial charge in [-0.3, -0.25) is 0 Å². The van der Waals surface area contributed by atoms with Crippen LogP contribution in [0.4, 0.5) is 4.79 Å². The Balaban J connectivity index is 0.000000157. The number of hydrogen-bond donors (Lipinski definition) is 1. The molecule has 4 aliphatic carbocycles. The third-order valence-electron chi connectivity index (χ3n) is 12.1. The molecule has 0 bridgehead atoms. The van der Waals surface area contributed by atoms with Gasteiger partial charge in [0.15, 0.2) is 0 Å². The molecule has 4 aliphatic rings. The molecule has 2 heterocycles. The zero-order chi connectivity index (χ0) is 41.1. The number of benzene rings is 4. The highest BCUT2D eigenvalue weighted by Crippen LogP contribution is 2.52. The highest BCUT2D eigenvalue weighted by Gasteiger charge is 2.55. The summed E-state index contributed by atoms with van der Waals surface area (Å²) in [6.07, 6.45) is 7.24. The Bertz CT molecular complexity index is 2530. The smallest absolute Gasteiger partial charge is 0.410 e. The van der Waals surface area contributed by atoms with Crippen molar-refractivity contribution < 1.29 is 18.6 Å². The third-order valence-corrected chi connectivity index (χ3v) is 12.1. The number of carbonyl (C=O) groups is 1. The molecule has 0 radical (unpaired) electrons. The van der Waals surface area contributed by atoms with E-state index in [1.165, 1.54) is 17.5 Å². The Kier molecular flexibility index (Phi) is 10.6. The van der Waals surface area contributed by atoms with Crippen LogP contribution in [-0.4, -0.2) is 63.1 Å². The molecule has 1 N–H and O–H groups in total. The fourth-order valence-corrected chi connectivity index (χ4v) is 7.96. The SMILES string of the molecule is C=CCOC(=O)N(CC1(c2nc(-c3ccc(C#N)cc3)no2)CC1)[C@H]1CC1c1ccccc1.N#Cc1ccc(-c2noc(C3(CN[C@H]4CC4c4ccccc4)CC3)n2)cc1. The van der Waals surface area contributed by atoms with Gasteiger partial charge in [0, 0.05) is 48.1 Å². The molecule has 4 aromatic carbocycles. The standard InChI is InChI=1S/C26H24N4O3.C22H20N4O/c1-2-14-32-25(31)30(22-15-21(22)19-6-4-3-5-7-19)17-26(12-13-26)24-28-23(29-33-24)20-10-8-18(16-27)9-11-20;23-13-15-6-8-17(9-7-15)20-25-21(27-26-20)22(10-11-22)14-24-19-12-18(19)16-4-2-1-3-5-16/h2-11,21-22H,1,12-15,17H2;1-9,18-19,24H,10-12,14H2/t21?,22-;18?,19-/m00/s1. The van der Waals surface area contributed by atoms with Crippen molar-refractivity contribution in [2.24, 2.45) is 0 Å². The third kappa shape index (κ3) is 8.33. The summed E-state index contributed by atoms with van der Waals surface area (Å²) in [6.45, 7) is 5.18. The van der Waals surface area contributed by atoms with Gasteiger partial charge in [-0.2, -0.15) is 20.5 Å². The first kappa shape index (κ1) is 38.6. The Labute approximate surface area is 348 Å². The van der Waals surface area contributed by atoms with Crippen LogP contribution >= 0.6 is 0 Å². The van der Waals surface area contributed by atoms with Crippen molar-refractivity contribution >= 4 is 6.09 Å². The molecule has 2 aromatic heterocycles. The summed E-state index contributed by atoms with van der Waals surface area (Å²) in [7, 11) is 0. The van der Waals surface area contributed by atoms with Crippen molar-refractivity contribution in [1.29, 1.82) is 10.5 Å². The maximum Gasteiger partial charge on any atom is 0.410 e. The molecule has 0 aliphatic heterocycles. The lowest BCUT2D eigenvalue weighted by Gasteiger charge is -2.26. The van der Waals surface area contributed by atoms with Crippen molar-refractivity contribution in [2.45, 2.75) is 73.3 Å². The van der Waals surface area contributed by atoms with Gasteiger partial charge in [-0.25, -0.2) is 4.79 Å². The molecule has 0 spiro atoms. The molecular formula is C48H44N8O4. The van der Waals surface area contributed by atoms with Crippen molar-refractivity contribution in [1.82, 2.24) is 30.5 Å². The van der Waals surface area contributed by atoms with Crippen LogP contribution in [0.2, 0.25) is 0 Å². The van der Waals surface area contributed by atoms with E-state index in [-0.39, 0.29) is 29.6 Å². The summed E-state index contributed by atoms with van der Waals surface area (Å²) in [4.78, 5) is 24.1. The molecule has 1 amide bonds. The molecule has 4 fully saturated rings. The number of rotatable bonds is 14. The molecule has 300 valence electrons. The zero-order valence-electron chi connectivity index (χ0n) is 33.1. The summed E-state index contributed by atoms with van der Waals surface area (Å²) in [5.74, 6) is 3.27. The number of nitriles is 2. The van der Waals surface area contributed by atoms with Crippen molar-refractivity contribution in [3.05, 3.63) is 156 Å². The van der Waals surface area contributed by atoms with Crippen LogP contribution in [0.25, 0.3) is 22.8 Å². The second-order valence-corrected chi connectivity index (χ2v) is 16.3. The van der Waals surface area contributed by atoms with E-state index in [0.717, 1.165) is 55.7 Å². The van der Waals surface area contributed by atoms with Crippen LogP contribution in [0.3, 0.4) is 0 Å². The number of aromatic nitrogens is 4. The van der Waals surface area contributed by atoms with E-state index in [1.54, 1.807) is 42.5 Å². The maximum atomic E-state index is 12.9. The lowest BCUT2D eigenvalue weighted by Crippen LogP contribution is -2.40. The van der Waals surface area contributed by atoms with Crippen LogP contribution in [0.15, 0.2) is 131 Å². The summed E-state index contributed by atoms with van der Waals surface area (Å²) in [5, 5.41) is 29.9. The van der Waals surface area contributed by atoms with Gasteiger partial charge in [0.2, 0.25) is 23.4 Å². The highest BCUT2D eigenvalue weighted by molar-refractivity contribution is 5.69. The minimum atomic E-state index is -0.352. The van der Waals surface area contributed by atoms with Gasteiger partial charge in [0.25, 0.3) is 0 Å². The average molecular weight is 797 g/mol. The lowest BCUT2D eigenvalue weighted by atomic mass is 10.1. The number of nitrogens with zero attached hydrogens (tertiary/aromatic N) is 7. The molecule has 6 aromatic rings. The predicted molar refractivity (Wildman–Crippen MR) is 222 cm³/mol. The van der Waals surface area contributed by atoms with Crippen LogP contribution in [0.5, 0.6) is 0 Å². The minimum Gasteiger partial charge on any atom is -0.445 e. The predicted octanol–water partition coefficient (Wildman–Crippen LogP) is 8.61. The lowest BCUT2D eigenvalue weighted by molar-refractivity contribution is 0.102. The Morgan fingerprint density at radius 3 is 1.77 bits per heavy atom. The van der Waals surface area contributed by atoms with Gasteiger partial charge in [-0.1, -0.05) is 83.6 Å². The van der Waals surface area contributed by atoms with Crippen LogP contribution in [0, 0.1) is 22.7 Å². The van der Waals surface area contributed by atoms with Gasteiger partial charge >= 0.3 is 6.09 Å². The molecule has 60 heavy (non-hydrogen) atoms. The molecule has 12 heteroatoms. The summed E-state index contributed by atoms with van der Waals surface area (Å²) in [5.41, 5.74) is 5.15. The second-order valence-electron chi connectivity index (χ2n) is 16.3. The molecule has 12 nitrogen and oxygen atoms in total. The van der Waals surface area contributed by atoms with E-state index < -0.39 is 0 Å². The number of ether oxygens (including phenoxy) is 1. The monoisotopic (exact) mass is 796 g/mol. The maximum absolute atomic E-state index is 12.9. The van der Waals surface area contributed by atoms with E-state index in [2.05, 4.69) is 86.8 Å². The first-order valence-electron chi connectivity index (χ1n) is 20.5. The van der Waals surface area contributed by atoms with Gasteiger partial charge in [0.05, 0.1) is 34.1 Å². The minimum absolute atomic E-state index is 0.0122. The van der Waals surface area contributed by atoms with E-state index in [0.29, 0.717) is 53.1 Å². The van der Waals surface area contributed by atoms with E-state index >= 15 is 0 Å². The van der Waals surface area contributed by atoms with Crippen molar-refractivity contribution in [3.63, 3.8) is 0 Å². The largest absolute Gasteiger partial charge is 0.445 e. The van der Waals surface area contributed by atoms with Crippen LogP contribution < -0.4 is 5.32 Å². The summed E-state index contributed by atoms with van der Waals surface area (Å²) in [6, 6.07) is 40.1. The number of nitrogens with one attached hydrogen (secondary N) is 1. The van der Waals surface area contributed by atoms with Gasteiger partial charge in [-0.15, -0.1) is 0 Å². The Hall–Kier alpha value is -6.89. The average Bonchev–Trinajstić information content (AvgIpc) is 4.21. The van der Waals surface area contributed by atoms with Gasteiger partial charge in [0.1, 0.15) is 6.61 Å². The number of carbonyl (C=O) groups excluding carboxylic acids is 1. The van der Waals surface area contributed by atoms with Crippen LogP contribution in [0.1, 0.15) is 84.4 Å². The normalized spacial score (nSPS) is 20.9. The number of amides is 1. The molecule has 4 atom stereocenters. The van der Waals surface area contributed by atoms with Crippen molar-refractivity contribution in [3.8, 4) is 34.9 Å².